The maximum atomic E-state index is 5.59. The number of aryl methyl sites for hydroxylation is 2. The number of benzene rings is 1. The maximum absolute atomic E-state index is 5.59. The van der Waals surface area contributed by atoms with Crippen molar-refractivity contribution in [2.24, 2.45) is 0 Å². The Morgan fingerprint density at radius 1 is 1.07 bits per heavy atom. The lowest BCUT2D eigenvalue weighted by atomic mass is 10.1. The van der Waals surface area contributed by atoms with Crippen LogP contribution in [0.1, 0.15) is 25.0 Å². The van der Waals surface area contributed by atoms with Crippen molar-refractivity contribution in [1.82, 2.24) is 5.32 Å². The SMILES string of the molecule is CC.CNC.Cc1ccc(N)c(C)c1. The van der Waals surface area contributed by atoms with Crippen LogP contribution in [0.4, 0.5) is 5.69 Å². The average Bonchev–Trinajstić information content (AvgIpc) is 2.17. The molecule has 0 aromatic heterocycles. The second-order valence-corrected chi connectivity index (χ2v) is 2.86. The van der Waals surface area contributed by atoms with Gasteiger partial charge in [-0.25, -0.2) is 0 Å². The lowest BCUT2D eigenvalue weighted by Gasteiger charge is -1.98. The fourth-order valence-electron chi connectivity index (χ4n) is 0.826. The van der Waals surface area contributed by atoms with Crippen LogP contribution in [-0.4, -0.2) is 14.1 Å². The molecule has 14 heavy (non-hydrogen) atoms. The van der Waals surface area contributed by atoms with Crippen LogP contribution in [-0.2, 0) is 0 Å². The second-order valence-electron chi connectivity index (χ2n) is 2.86. The average molecular weight is 196 g/mol. The van der Waals surface area contributed by atoms with Crippen molar-refractivity contribution in [3.63, 3.8) is 0 Å². The Kier molecular flexibility index (Phi) is 11.1. The lowest BCUT2D eigenvalue weighted by molar-refractivity contribution is 1.02. The van der Waals surface area contributed by atoms with Crippen LogP contribution in [0.2, 0.25) is 0 Å². The fourth-order valence-corrected chi connectivity index (χ4v) is 0.826. The molecule has 0 bridgehead atoms. The van der Waals surface area contributed by atoms with E-state index in [1.54, 1.807) is 0 Å². The molecular weight excluding hydrogens is 172 g/mol. The molecule has 1 rings (SSSR count). The van der Waals surface area contributed by atoms with Crippen molar-refractivity contribution < 1.29 is 0 Å². The van der Waals surface area contributed by atoms with E-state index < -0.39 is 0 Å². The molecule has 0 saturated heterocycles. The molecule has 0 fully saturated rings. The van der Waals surface area contributed by atoms with Gasteiger partial charge in [-0.3, -0.25) is 0 Å². The quantitative estimate of drug-likeness (QED) is 0.626. The Hall–Kier alpha value is -1.02. The molecule has 1 aromatic rings. The van der Waals surface area contributed by atoms with Gasteiger partial charge < -0.3 is 11.1 Å². The van der Waals surface area contributed by atoms with Crippen LogP contribution in [0.25, 0.3) is 0 Å². The Morgan fingerprint density at radius 3 is 1.79 bits per heavy atom. The highest BCUT2D eigenvalue weighted by Gasteiger charge is 1.89. The molecule has 0 saturated carbocycles. The van der Waals surface area contributed by atoms with E-state index >= 15 is 0 Å². The van der Waals surface area contributed by atoms with E-state index in [9.17, 15) is 0 Å². The van der Waals surface area contributed by atoms with Gasteiger partial charge in [0.25, 0.3) is 0 Å². The number of hydrogen-bond donors (Lipinski definition) is 2. The van der Waals surface area contributed by atoms with E-state index in [1.807, 2.05) is 47.0 Å². The largest absolute Gasteiger partial charge is 0.399 e. The van der Waals surface area contributed by atoms with E-state index in [-0.39, 0.29) is 0 Å². The van der Waals surface area contributed by atoms with Crippen LogP contribution in [0.3, 0.4) is 0 Å². The third kappa shape index (κ3) is 7.62. The molecule has 82 valence electrons. The first kappa shape index (κ1) is 15.5. The third-order valence-corrected chi connectivity index (χ3v) is 1.43. The van der Waals surface area contributed by atoms with E-state index in [4.69, 9.17) is 5.73 Å². The molecular formula is C12H24N2. The Bertz CT molecular complexity index is 232. The summed E-state index contributed by atoms with van der Waals surface area (Å²) in [5, 5.41) is 2.75. The Balaban J connectivity index is 0. The predicted octanol–water partition coefficient (Wildman–Crippen LogP) is 2.75. The molecule has 0 atom stereocenters. The minimum Gasteiger partial charge on any atom is -0.399 e. The smallest absolute Gasteiger partial charge is 0.0343 e. The first-order chi connectivity index (χ1) is 6.61. The molecule has 0 aliphatic heterocycles. The van der Waals surface area contributed by atoms with Gasteiger partial charge in [-0.2, -0.15) is 0 Å². The van der Waals surface area contributed by atoms with Gasteiger partial charge in [0.15, 0.2) is 0 Å². The summed E-state index contributed by atoms with van der Waals surface area (Å²) in [7, 11) is 3.75. The van der Waals surface area contributed by atoms with E-state index in [2.05, 4.69) is 18.3 Å². The zero-order chi connectivity index (χ0) is 11.6. The van der Waals surface area contributed by atoms with Gasteiger partial charge in [0.05, 0.1) is 0 Å². The predicted molar refractivity (Wildman–Crippen MR) is 66.7 cm³/mol. The standard InChI is InChI=1S/C8H11N.C2H7N.C2H6/c1-6-3-4-8(9)7(2)5-6;1-3-2;1-2/h3-5H,9H2,1-2H3;3H,1-2H3;1-2H3. The summed E-state index contributed by atoms with van der Waals surface area (Å²) in [5.41, 5.74) is 8.89. The van der Waals surface area contributed by atoms with Crippen LogP contribution in [0.15, 0.2) is 18.2 Å². The topological polar surface area (TPSA) is 38.0 Å². The van der Waals surface area contributed by atoms with Crippen LogP contribution in [0.5, 0.6) is 0 Å². The first-order valence-electron chi connectivity index (χ1n) is 5.03. The molecule has 3 N–H and O–H groups in total. The zero-order valence-corrected chi connectivity index (χ0v) is 10.3. The van der Waals surface area contributed by atoms with Crippen LogP contribution in [0, 0.1) is 13.8 Å². The first-order valence-corrected chi connectivity index (χ1v) is 5.03. The van der Waals surface area contributed by atoms with Crippen LogP contribution >= 0.6 is 0 Å². The van der Waals surface area contributed by atoms with Gasteiger partial charge in [0.1, 0.15) is 0 Å². The molecule has 1 aromatic carbocycles. The molecule has 0 radical (unpaired) electrons. The van der Waals surface area contributed by atoms with E-state index in [0.717, 1.165) is 11.3 Å². The number of nitrogens with one attached hydrogen (secondary N) is 1. The summed E-state index contributed by atoms with van der Waals surface area (Å²) in [4.78, 5) is 0. The molecule has 0 unspecified atom stereocenters. The third-order valence-electron chi connectivity index (χ3n) is 1.43. The van der Waals surface area contributed by atoms with Crippen molar-refractivity contribution in [1.29, 1.82) is 0 Å². The van der Waals surface area contributed by atoms with E-state index in [0.29, 0.717) is 0 Å². The number of rotatable bonds is 0. The molecule has 0 heterocycles. The van der Waals surface area contributed by atoms with Gasteiger partial charge in [-0.1, -0.05) is 31.5 Å². The highest BCUT2D eigenvalue weighted by Crippen LogP contribution is 2.10. The molecule has 2 nitrogen and oxygen atoms in total. The monoisotopic (exact) mass is 196 g/mol. The minimum absolute atomic E-state index is 0.876. The normalized spacial score (nSPS) is 7.86. The summed E-state index contributed by atoms with van der Waals surface area (Å²) in [6.45, 7) is 8.08. The van der Waals surface area contributed by atoms with Crippen molar-refractivity contribution in [2.45, 2.75) is 27.7 Å². The fraction of sp³-hybridized carbons (Fsp3) is 0.500. The number of nitrogen functional groups attached to an aromatic ring is 1. The van der Waals surface area contributed by atoms with Crippen LogP contribution < -0.4 is 11.1 Å². The summed E-state index contributed by atoms with van der Waals surface area (Å²) < 4.78 is 0. The minimum atomic E-state index is 0.876. The molecule has 2 heteroatoms. The highest BCUT2D eigenvalue weighted by atomic mass is 14.7. The summed E-state index contributed by atoms with van der Waals surface area (Å²) in [6, 6.07) is 6.03. The number of anilines is 1. The van der Waals surface area contributed by atoms with E-state index in [1.165, 1.54) is 5.56 Å². The second kappa shape index (κ2) is 10.1. The zero-order valence-electron chi connectivity index (χ0n) is 10.3. The number of nitrogens with two attached hydrogens (primary N) is 1. The van der Waals surface area contributed by atoms with Gasteiger partial charge in [0.2, 0.25) is 0 Å². The summed E-state index contributed by atoms with van der Waals surface area (Å²) in [6.07, 6.45) is 0. The molecule has 0 aliphatic carbocycles. The Morgan fingerprint density at radius 2 is 1.50 bits per heavy atom. The van der Waals surface area contributed by atoms with Gasteiger partial charge in [-0.05, 0) is 39.6 Å². The van der Waals surface area contributed by atoms with Gasteiger partial charge in [0, 0.05) is 5.69 Å². The Labute approximate surface area is 88.5 Å². The molecule has 0 amide bonds. The lowest BCUT2D eigenvalue weighted by Crippen LogP contribution is -1.89. The molecule has 0 aliphatic rings. The van der Waals surface area contributed by atoms with Crippen molar-refractivity contribution >= 4 is 5.69 Å². The van der Waals surface area contributed by atoms with Gasteiger partial charge >= 0.3 is 0 Å². The van der Waals surface area contributed by atoms with Crippen molar-refractivity contribution in [2.75, 3.05) is 19.8 Å². The number of hydrogen-bond acceptors (Lipinski definition) is 2. The van der Waals surface area contributed by atoms with Crippen molar-refractivity contribution in [3.05, 3.63) is 29.3 Å². The van der Waals surface area contributed by atoms with Crippen molar-refractivity contribution in [3.8, 4) is 0 Å². The summed E-state index contributed by atoms with van der Waals surface area (Å²) in [5.74, 6) is 0. The molecule has 0 spiro atoms. The maximum Gasteiger partial charge on any atom is 0.0343 e. The van der Waals surface area contributed by atoms with Gasteiger partial charge in [-0.15, -0.1) is 0 Å². The highest BCUT2D eigenvalue weighted by molar-refractivity contribution is 5.47. The summed E-state index contributed by atoms with van der Waals surface area (Å²) >= 11 is 0.